The van der Waals surface area contributed by atoms with Crippen molar-refractivity contribution in [2.75, 3.05) is 13.2 Å². The number of hydrogen-bond acceptors (Lipinski definition) is 6. The first kappa shape index (κ1) is 20.9. The standard InChI is InChI=1S/C26H26O6/c27-13-16(14-28)21(29)15-31-17-8-9-18-20(12-17)26(10-4-1-5-11-26)25-23(24(18)30)19-6-2-3-7-22(19)32-25/h2-3,6-9,12-13,16,21,28-29H,1,4-5,10-11,14-15H2/t16-,21-/m1/s1. The molecule has 3 aromatic rings. The Morgan fingerprint density at radius 1 is 1.12 bits per heavy atom. The molecule has 6 heteroatoms. The molecule has 2 atom stereocenters. The number of carbonyl (C=O) groups is 2. The third-order valence-corrected chi connectivity index (χ3v) is 7.02. The molecule has 1 spiro atoms. The van der Waals surface area contributed by atoms with Crippen molar-refractivity contribution in [2.45, 2.75) is 43.6 Å². The average Bonchev–Trinajstić information content (AvgIpc) is 3.23. The molecular weight excluding hydrogens is 408 g/mol. The summed E-state index contributed by atoms with van der Waals surface area (Å²) in [7, 11) is 0. The monoisotopic (exact) mass is 434 g/mol. The zero-order valence-corrected chi connectivity index (χ0v) is 17.8. The molecule has 2 aromatic carbocycles. The van der Waals surface area contributed by atoms with Gasteiger partial charge in [-0.2, -0.15) is 0 Å². The number of hydrogen-bond donors (Lipinski definition) is 2. The van der Waals surface area contributed by atoms with E-state index in [1.165, 1.54) is 0 Å². The number of furan rings is 1. The molecule has 0 bridgehead atoms. The number of para-hydroxylation sites is 1. The second-order valence-electron chi connectivity index (χ2n) is 8.84. The first-order chi connectivity index (χ1) is 15.6. The van der Waals surface area contributed by atoms with Crippen LogP contribution in [0.1, 0.15) is 59.3 Å². The van der Waals surface area contributed by atoms with Crippen molar-refractivity contribution < 1.29 is 29.0 Å². The van der Waals surface area contributed by atoms with E-state index in [1.54, 1.807) is 12.1 Å². The fourth-order valence-electron chi connectivity index (χ4n) is 5.28. The first-order valence-corrected chi connectivity index (χ1v) is 11.2. The summed E-state index contributed by atoms with van der Waals surface area (Å²) in [5.74, 6) is 0.345. The van der Waals surface area contributed by atoms with Crippen LogP contribution in [0.5, 0.6) is 5.75 Å². The Balaban J connectivity index is 1.58. The molecule has 1 heterocycles. The molecule has 166 valence electrons. The third-order valence-electron chi connectivity index (χ3n) is 7.02. The number of aliphatic hydroxyl groups excluding tert-OH is 2. The van der Waals surface area contributed by atoms with Crippen LogP contribution in [0.25, 0.3) is 11.0 Å². The van der Waals surface area contributed by atoms with Gasteiger partial charge in [0.25, 0.3) is 0 Å². The van der Waals surface area contributed by atoms with Crippen molar-refractivity contribution in [1.29, 1.82) is 0 Å². The highest BCUT2D eigenvalue weighted by molar-refractivity contribution is 6.19. The highest BCUT2D eigenvalue weighted by atomic mass is 16.5. The lowest BCUT2D eigenvalue weighted by atomic mass is 9.62. The summed E-state index contributed by atoms with van der Waals surface area (Å²) in [4.78, 5) is 24.5. The molecule has 2 aliphatic rings. The Hall–Kier alpha value is -2.96. The lowest BCUT2D eigenvalue weighted by Gasteiger charge is -2.40. The van der Waals surface area contributed by atoms with Crippen LogP contribution in [-0.4, -0.2) is 41.6 Å². The zero-order chi connectivity index (χ0) is 22.3. The van der Waals surface area contributed by atoms with Crippen molar-refractivity contribution in [3.8, 4) is 5.75 Å². The molecule has 0 radical (unpaired) electrons. The van der Waals surface area contributed by atoms with E-state index in [4.69, 9.17) is 9.15 Å². The van der Waals surface area contributed by atoms with Gasteiger partial charge in [-0.15, -0.1) is 0 Å². The minimum absolute atomic E-state index is 0.0379. The highest BCUT2D eigenvalue weighted by Crippen LogP contribution is 2.53. The van der Waals surface area contributed by atoms with Crippen molar-refractivity contribution in [2.24, 2.45) is 5.92 Å². The third kappa shape index (κ3) is 3.17. The van der Waals surface area contributed by atoms with Gasteiger partial charge in [-0.05, 0) is 42.7 Å². The maximum absolute atomic E-state index is 13.5. The van der Waals surface area contributed by atoms with Gasteiger partial charge in [0.15, 0.2) is 5.78 Å². The molecule has 2 N–H and O–H groups in total. The van der Waals surface area contributed by atoms with E-state index in [-0.39, 0.29) is 17.8 Å². The van der Waals surface area contributed by atoms with E-state index in [2.05, 4.69) is 0 Å². The summed E-state index contributed by atoms with van der Waals surface area (Å²) in [6.07, 6.45) is 4.45. The van der Waals surface area contributed by atoms with Gasteiger partial charge in [-0.1, -0.05) is 37.5 Å². The highest BCUT2D eigenvalue weighted by Gasteiger charge is 2.48. The lowest BCUT2D eigenvalue weighted by Crippen LogP contribution is -2.37. The van der Waals surface area contributed by atoms with Gasteiger partial charge < -0.3 is 24.2 Å². The summed E-state index contributed by atoms with van der Waals surface area (Å²) in [6.45, 7) is -0.565. The number of aldehydes is 1. The van der Waals surface area contributed by atoms with E-state index in [0.717, 1.165) is 54.4 Å². The van der Waals surface area contributed by atoms with Gasteiger partial charge in [-0.25, -0.2) is 0 Å². The normalized spacial score (nSPS) is 18.8. The van der Waals surface area contributed by atoms with E-state index < -0.39 is 18.6 Å². The number of aliphatic hydroxyl groups is 2. The Morgan fingerprint density at radius 3 is 2.66 bits per heavy atom. The zero-order valence-electron chi connectivity index (χ0n) is 17.8. The molecule has 1 fully saturated rings. The van der Waals surface area contributed by atoms with Gasteiger partial charge in [0.1, 0.15) is 30.0 Å². The molecule has 6 nitrogen and oxygen atoms in total. The molecule has 1 saturated carbocycles. The second-order valence-corrected chi connectivity index (χ2v) is 8.84. The molecule has 2 aliphatic carbocycles. The summed E-state index contributed by atoms with van der Waals surface area (Å²) in [5.41, 5.74) is 2.60. The van der Waals surface area contributed by atoms with Gasteiger partial charge >= 0.3 is 0 Å². The van der Waals surface area contributed by atoms with Gasteiger partial charge in [-0.3, -0.25) is 4.79 Å². The van der Waals surface area contributed by atoms with Crippen molar-refractivity contribution in [1.82, 2.24) is 0 Å². The van der Waals surface area contributed by atoms with Gasteiger partial charge in [0, 0.05) is 10.9 Å². The van der Waals surface area contributed by atoms with Crippen LogP contribution in [0, 0.1) is 5.92 Å². The van der Waals surface area contributed by atoms with Crippen molar-refractivity contribution >= 4 is 23.0 Å². The predicted octanol–water partition coefficient (Wildman–Crippen LogP) is 3.77. The van der Waals surface area contributed by atoms with Crippen molar-refractivity contribution in [3.05, 3.63) is 64.9 Å². The van der Waals surface area contributed by atoms with Crippen LogP contribution < -0.4 is 4.74 Å². The molecule has 0 saturated heterocycles. The molecule has 5 rings (SSSR count). The lowest BCUT2D eigenvalue weighted by molar-refractivity contribution is -0.116. The van der Waals surface area contributed by atoms with Crippen LogP contribution in [-0.2, 0) is 10.2 Å². The minimum atomic E-state index is -1.11. The maximum Gasteiger partial charge on any atom is 0.197 e. The maximum atomic E-state index is 13.5. The first-order valence-electron chi connectivity index (χ1n) is 11.2. The van der Waals surface area contributed by atoms with Crippen molar-refractivity contribution in [3.63, 3.8) is 0 Å². The summed E-state index contributed by atoms with van der Waals surface area (Å²) in [5, 5.41) is 20.2. The topological polar surface area (TPSA) is 97.0 Å². The van der Waals surface area contributed by atoms with E-state index >= 15 is 0 Å². The largest absolute Gasteiger partial charge is 0.491 e. The summed E-state index contributed by atoms with van der Waals surface area (Å²) < 4.78 is 12.1. The van der Waals surface area contributed by atoms with Crippen LogP contribution in [0.4, 0.5) is 0 Å². The molecular formula is C26H26O6. The molecule has 0 aliphatic heterocycles. The summed E-state index contributed by atoms with van der Waals surface area (Å²) >= 11 is 0. The van der Waals surface area contributed by atoms with Crippen LogP contribution in [0.15, 0.2) is 46.9 Å². The number of ether oxygens (including phenoxy) is 1. The fourth-order valence-corrected chi connectivity index (χ4v) is 5.28. The minimum Gasteiger partial charge on any atom is -0.491 e. The SMILES string of the molecule is O=C[C@H](CO)[C@H](O)COc1ccc2c(c1)C1(CCCCC1)c1oc3ccccc3c1C2=O. The molecule has 0 amide bonds. The smallest absolute Gasteiger partial charge is 0.197 e. The Labute approximate surface area is 185 Å². The van der Waals surface area contributed by atoms with E-state index in [9.17, 15) is 19.8 Å². The number of fused-ring (bicyclic) bond motifs is 6. The summed E-state index contributed by atoms with van der Waals surface area (Å²) in [6, 6.07) is 13.1. The molecule has 32 heavy (non-hydrogen) atoms. The number of benzene rings is 2. The number of carbonyl (C=O) groups excluding carboxylic acids is 2. The van der Waals surface area contributed by atoms with Crippen LogP contribution >= 0.6 is 0 Å². The Bertz CT molecular complexity index is 1170. The average molecular weight is 434 g/mol. The van der Waals surface area contributed by atoms with E-state index in [1.807, 2.05) is 30.3 Å². The van der Waals surface area contributed by atoms with Gasteiger partial charge in [0.2, 0.25) is 0 Å². The Morgan fingerprint density at radius 2 is 1.91 bits per heavy atom. The van der Waals surface area contributed by atoms with Crippen LogP contribution in [0.3, 0.4) is 0 Å². The molecule has 0 unspecified atom stereocenters. The number of ketones is 1. The molecule has 1 aromatic heterocycles. The predicted molar refractivity (Wildman–Crippen MR) is 118 cm³/mol. The second kappa shape index (κ2) is 8.19. The number of rotatable bonds is 6. The Kier molecular flexibility index (Phi) is 5.35. The van der Waals surface area contributed by atoms with E-state index in [0.29, 0.717) is 23.2 Å². The van der Waals surface area contributed by atoms with Gasteiger partial charge in [0.05, 0.1) is 29.6 Å². The quantitative estimate of drug-likeness (QED) is 0.573. The fraction of sp³-hybridized carbons (Fsp3) is 0.385. The van der Waals surface area contributed by atoms with Crippen LogP contribution in [0.2, 0.25) is 0 Å².